The molecule has 0 atom stereocenters. The third-order valence-corrected chi connectivity index (χ3v) is 2.24. The second-order valence-electron chi connectivity index (χ2n) is 3.12. The van der Waals surface area contributed by atoms with Crippen LogP contribution >= 0.6 is 0 Å². The van der Waals surface area contributed by atoms with Crippen molar-refractivity contribution in [2.45, 2.75) is 0 Å². The summed E-state index contributed by atoms with van der Waals surface area (Å²) < 4.78 is 1.86. The van der Waals surface area contributed by atoms with Crippen LogP contribution in [0.3, 0.4) is 0 Å². The Bertz CT molecular complexity index is 616. The van der Waals surface area contributed by atoms with Gasteiger partial charge in [0.1, 0.15) is 17.5 Å². The summed E-state index contributed by atoms with van der Waals surface area (Å²) in [6.07, 6.45) is 7.58. The van der Waals surface area contributed by atoms with E-state index >= 15 is 0 Å². The molecule has 14 heavy (non-hydrogen) atoms. The summed E-state index contributed by atoms with van der Waals surface area (Å²) in [5.41, 5.74) is 2.47. The van der Waals surface area contributed by atoms with Crippen molar-refractivity contribution in [3.63, 3.8) is 0 Å². The van der Waals surface area contributed by atoms with Gasteiger partial charge in [0, 0.05) is 11.8 Å². The Balaban J connectivity index is 2.34. The van der Waals surface area contributed by atoms with Crippen LogP contribution in [0.4, 0.5) is 0 Å². The minimum atomic E-state index is -0.108. The third-order valence-electron chi connectivity index (χ3n) is 2.24. The summed E-state index contributed by atoms with van der Waals surface area (Å²) in [5, 5.41) is 0. The number of nitrogens with one attached hydrogen (secondary N) is 1. The third kappa shape index (κ3) is 0.877. The van der Waals surface area contributed by atoms with E-state index in [2.05, 4.69) is 9.97 Å². The standard InChI is InChI=1S/C10H7N3O/c14-9-5-4-8-10(12-9)13(6-11-8)7-2-1-3-7/h1-6H,(H,12,14). The highest BCUT2D eigenvalue weighted by atomic mass is 16.1. The van der Waals surface area contributed by atoms with Crippen LogP contribution < -0.4 is 5.56 Å². The minimum absolute atomic E-state index is 0.108. The molecule has 0 bridgehead atoms. The lowest BCUT2D eigenvalue weighted by molar-refractivity contribution is 1.09. The number of aromatic nitrogens is 3. The first-order valence-electron chi connectivity index (χ1n) is 4.30. The highest BCUT2D eigenvalue weighted by Crippen LogP contribution is 2.18. The van der Waals surface area contributed by atoms with Gasteiger partial charge in [0.25, 0.3) is 0 Å². The number of fused-ring (bicyclic) bond motifs is 1. The van der Waals surface area contributed by atoms with E-state index in [-0.39, 0.29) is 5.56 Å². The molecule has 0 saturated carbocycles. The number of imidazole rings is 1. The van der Waals surface area contributed by atoms with Crippen LogP contribution in [0.2, 0.25) is 0 Å². The Morgan fingerprint density at radius 2 is 2.21 bits per heavy atom. The van der Waals surface area contributed by atoms with Gasteiger partial charge in [-0.1, -0.05) is 6.08 Å². The van der Waals surface area contributed by atoms with Crippen molar-refractivity contribution >= 4 is 16.9 Å². The Morgan fingerprint density at radius 1 is 1.36 bits per heavy atom. The van der Waals surface area contributed by atoms with Crippen molar-refractivity contribution in [1.82, 2.24) is 14.5 Å². The molecule has 2 aromatic rings. The van der Waals surface area contributed by atoms with E-state index in [9.17, 15) is 4.79 Å². The highest BCUT2D eigenvalue weighted by Gasteiger charge is 2.07. The maximum Gasteiger partial charge on any atom is 0.249 e. The summed E-state index contributed by atoms with van der Waals surface area (Å²) in [7, 11) is 0. The molecule has 0 fully saturated rings. The monoisotopic (exact) mass is 185 g/mol. The van der Waals surface area contributed by atoms with Gasteiger partial charge in [-0.3, -0.25) is 9.36 Å². The molecule has 1 aliphatic carbocycles. The number of aromatic amines is 1. The van der Waals surface area contributed by atoms with Crippen molar-refractivity contribution in [3.8, 4) is 0 Å². The number of pyridine rings is 1. The van der Waals surface area contributed by atoms with E-state index in [0.29, 0.717) is 0 Å². The van der Waals surface area contributed by atoms with Crippen LogP contribution in [0, 0.1) is 0 Å². The van der Waals surface area contributed by atoms with Crippen molar-refractivity contribution in [3.05, 3.63) is 47.0 Å². The van der Waals surface area contributed by atoms with Crippen LogP contribution in [0.5, 0.6) is 0 Å². The summed E-state index contributed by atoms with van der Waals surface area (Å²) in [6.45, 7) is 0. The molecule has 1 N–H and O–H groups in total. The molecule has 0 saturated heterocycles. The minimum Gasteiger partial charge on any atom is -0.306 e. The smallest absolute Gasteiger partial charge is 0.249 e. The summed E-state index contributed by atoms with van der Waals surface area (Å²) in [5.74, 6) is 0. The fraction of sp³-hybridized carbons (Fsp3) is 0. The molecule has 4 nitrogen and oxygen atoms in total. The molecule has 0 spiro atoms. The highest BCUT2D eigenvalue weighted by molar-refractivity contribution is 5.79. The maximum atomic E-state index is 11.1. The molecule has 4 heteroatoms. The molecule has 2 heterocycles. The summed E-state index contributed by atoms with van der Waals surface area (Å²) in [6, 6.07) is 3.19. The second-order valence-corrected chi connectivity index (χ2v) is 3.12. The molecule has 0 unspecified atom stereocenters. The van der Waals surface area contributed by atoms with Crippen molar-refractivity contribution in [2.24, 2.45) is 0 Å². The molecule has 0 amide bonds. The zero-order valence-electron chi connectivity index (χ0n) is 7.27. The molecular weight excluding hydrogens is 178 g/mol. The zero-order chi connectivity index (χ0) is 9.54. The predicted molar refractivity (Wildman–Crippen MR) is 53.8 cm³/mol. The number of hydrogen-bond donors (Lipinski definition) is 1. The molecular formula is C10H7N3O. The topological polar surface area (TPSA) is 50.7 Å². The van der Waals surface area contributed by atoms with Crippen LogP contribution in [-0.4, -0.2) is 14.5 Å². The fourth-order valence-corrected chi connectivity index (χ4v) is 1.46. The van der Waals surface area contributed by atoms with Gasteiger partial charge in [-0.2, -0.15) is 0 Å². The van der Waals surface area contributed by atoms with Gasteiger partial charge in [-0.05, 0) is 18.2 Å². The number of nitrogens with zero attached hydrogens (tertiary/aromatic N) is 2. The first-order chi connectivity index (χ1) is 6.84. The van der Waals surface area contributed by atoms with E-state index in [1.165, 1.54) is 6.07 Å². The van der Waals surface area contributed by atoms with Crippen molar-refractivity contribution < 1.29 is 0 Å². The summed E-state index contributed by atoms with van der Waals surface area (Å²) in [4.78, 5) is 18.1. The maximum absolute atomic E-state index is 11.1. The predicted octanol–water partition coefficient (Wildman–Crippen LogP) is 1.14. The zero-order valence-corrected chi connectivity index (χ0v) is 7.27. The quantitative estimate of drug-likeness (QED) is 0.724. The van der Waals surface area contributed by atoms with Gasteiger partial charge in [0.2, 0.25) is 5.56 Å². The van der Waals surface area contributed by atoms with E-state index in [0.717, 1.165) is 16.9 Å². The van der Waals surface area contributed by atoms with Gasteiger partial charge in [-0.15, -0.1) is 0 Å². The van der Waals surface area contributed by atoms with E-state index in [1.54, 1.807) is 12.4 Å². The van der Waals surface area contributed by atoms with E-state index < -0.39 is 0 Å². The molecule has 68 valence electrons. The largest absolute Gasteiger partial charge is 0.306 e. The van der Waals surface area contributed by atoms with Crippen molar-refractivity contribution in [1.29, 1.82) is 0 Å². The molecule has 2 aromatic heterocycles. The average Bonchev–Trinajstić information content (AvgIpc) is 2.46. The Labute approximate surface area is 79.2 Å². The fourth-order valence-electron chi connectivity index (χ4n) is 1.46. The summed E-state index contributed by atoms with van der Waals surface area (Å²) >= 11 is 0. The Kier molecular flexibility index (Phi) is 1.28. The average molecular weight is 185 g/mol. The second kappa shape index (κ2) is 2.45. The van der Waals surface area contributed by atoms with Gasteiger partial charge in [0.05, 0.1) is 0 Å². The van der Waals surface area contributed by atoms with Crippen LogP contribution in [0.15, 0.2) is 41.5 Å². The van der Waals surface area contributed by atoms with Gasteiger partial charge < -0.3 is 4.98 Å². The van der Waals surface area contributed by atoms with Gasteiger partial charge >= 0.3 is 0 Å². The number of rotatable bonds is 1. The Morgan fingerprint density at radius 3 is 2.93 bits per heavy atom. The molecule has 0 radical (unpaired) electrons. The number of H-pyrrole nitrogens is 1. The Hall–Kier alpha value is -2.10. The molecule has 0 aliphatic heterocycles. The van der Waals surface area contributed by atoms with Crippen LogP contribution in [0.1, 0.15) is 0 Å². The molecule has 3 rings (SSSR count). The lowest BCUT2D eigenvalue weighted by atomic mass is 10.2. The SMILES string of the molecule is O=c1ccc2ncn(C3=CC=C3)c2[nH]1. The van der Waals surface area contributed by atoms with Crippen LogP contribution in [0.25, 0.3) is 16.9 Å². The first kappa shape index (κ1) is 7.32. The lowest BCUT2D eigenvalue weighted by Crippen LogP contribution is -2.06. The number of hydrogen-bond acceptors (Lipinski definition) is 2. The lowest BCUT2D eigenvalue weighted by Gasteiger charge is -2.08. The van der Waals surface area contributed by atoms with E-state index in [1.807, 2.05) is 22.8 Å². The molecule has 0 aromatic carbocycles. The number of allylic oxidation sites excluding steroid dienone is 4. The van der Waals surface area contributed by atoms with Gasteiger partial charge in [-0.25, -0.2) is 4.98 Å². The normalized spacial score (nSPS) is 14.1. The molecule has 1 aliphatic rings. The van der Waals surface area contributed by atoms with Crippen LogP contribution in [-0.2, 0) is 0 Å². The van der Waals surface area contributed by atoms with Crippen molar-refractivity contribution in [2.75, 3.05) is 0 Å². The van der Waals surface area contributed by atoms with Gasteiger partial charge in [0.15, 0.2) is 0 Å². The van der Waals surface area contributed by atoms with E-state index in [4.69, 9.17) is 0 Å². The first-order valence-corrected chi connectivity index (χ1v) is 4.30.